The summed E-state index contributed by atoms with van der Waals surface area (Å²) in [5.74, 6) is 0. The molecule has 0 aromatic carbocycles. The van der Waals surface area contributed by atoms with Gasteiger partial charge in [0.15, 0.2) is 0 Å². The molecule has 0 nitrogen and oxygen atoms in total. The second-order valence-electron chi connectivity index (χ2n) is 2.41. The summed E-state index contributed by atoms with van der Waals surface area (Å²) in [5.41, 5.74) is 2.69. The third-order valence-electron chi connectivity index (χ3n) is 1.72. The van der Waals surface area contributed by atoms with Crippen molar-refractivity contribution >= 4 is 0 Å². The first-order valence-electron chi connectivity index (χ1n) is 3.35. The summed E-state index contributed by atoms with van der Waals surface area (Å²) in [4.78, 5) is 0.176. The minimum atomic E-state index is 0.176. The molecule has 0 heterocycles. The van der Waals surface area contributed by atoms with Crippen LogP contribution in [0.2, 0.25) is 4.89 Å². The van der Waals surface area contributed by atoms with Gasteiger partial charge < -0.3 is 0 Å². The molecule has 0 bridgehead atoms. The molecule has 57 valence electrons. The van der Waals surface area contributed by atoms with Gasteiger partial charge in [-0.25, -0.2) is 0 Å². The van der Waals surface area contributed by atoms with Gasteiger partial charge in [0.25, 0.3) is 0 Å². The minimum absolute atomic E-state index is 0.176. The maximum absolute atomic E-state index is 4.86. The van der Waals surface area contributed by atoms with Crippen LogP contribution in [-0.4, -0.2) is 0 Å². The van der Waals surface area contributed by atoms with E-state index in [1.165, 1.54) is 11.1 Å². The zero-order chi connectivity index (χ0) is 7.56. The maximum atomic E-state index is 4.86. The molecule has 1 heteroatoms. The number of rotatable bonds is 2. The standard InChI is InChI=1S/C9H11.Ni/c1-3-5-9-7-4-6-8(9)2;/h3-6H,1,7H2,2H3;. The third-order valence-corrected chi connectivity index (χ3v) is 2.29. The second-order valence-corrected chi connectivity index (χ2v) is 3.03. The SMILES string of the molecule is C=C[CH]([Ni])C1=C(C)C=CC1. The summed E-state index contributed by atoms with van der Waals surface area (Å²) in [6.07, 6.45) is 7.15. The number of allylic oxidation sites excluding steroid dienone is 5. The van der Waals surface area contributed by atoms with Crippen molar-refractivity contribution in [2.75, 3.05) is 0 Å². The van der Waals surface area contributed by atoms with Gasteiger partial charge in [0.05, 0.1) is 0 Å². The molecule has 0 saturated heterocycles. The Morgan fingerprint density at radius 3 is 2.90 bits per heavy atom. The third kappa shape index (κ3) is 1.41. The summed E-state index contributed by atoms with van der Waals surface area (Å²) < 4.78 is 0. The van der Waals surface area contributed by atoms with Crippen LogP contribution in [0.3, 0.4) is 0 Å². The van der Waals surface area contributed by atoms with Gasteiger partial charge in [-0.05, 0) is 0 Å². The Hall–Kier alpha value is -0.286. The molecule has 1 aliphatic carbocycles. The van der Waals surface area contributed by atoms with Crippen molar-refractivity contribution in [1.29, 1.82) is 0 Å². The van der Waals surface area contributed by atoms with Crippen molar-refractivity contribution in [2.24, 2.45) is 0 Å². The van der Waals surface area contributed by atoms with Crippen LogP contribution in [-0.2, 0) is 15.5 Å². The molecule has 0 amide bonds. The topological polar surface area (TPSA) is 0 Å². The van der Waals surface area contributed by atoms with Crippen molar-refractivity contribution < 1.29 is 15.5 Å². The molecular weight excluding hydrogens is 167 g/mol. The Bertz CT molecular complexity index is 199. The molecule has 0 aliphatic heterocycles. The summed E-state index contributed by atoms with van der Waals surface area (Å²) in [6.45, 7) is 5.79. The van der Waals surface area contributed by atoms with E-state index in [0.717, 1.165) is 6.42 Å². The Labute approximate surface area is 70.1 Å². The fourth-order valence-corrected chi connectivity index (χ4v) is 1.42. The fourth-order valence-electron chi connectivity index (χ4n) is 1.08. The molecule has 0 aromatic rings. The van der Waals surface area contributed by atoms with Gasteiger partial charge in [-0.2, -0.15) is 0 Å². The molecule has 0 radical (unpaired) electrons. The van der Waals surface area contributed by atoms with Gasteiger partial charge in [0.2, 0.25) is 0 Å². The molecular formula is C9H11Ni. The summed E-state index contributed by atoms with van der Waals surface area (Å²) in [5, 5.41) is 0. The Morgan fingerprint density at radius 1 is 1.80 bits per heavy atom. The molecule has 0 aromatic heterocycles. The van der Waals surface area contributed by atoms with Gasteiger partial charge in [-0.15, -0.1) is 0 Å². The van der Waals surface area contributed by atoms with Crippen LogP contribution in [0.25, 0.3) is 0 Å². The first-order valence-corrected chi connectivity index (χ1v) is 3.92. The van der Waals surface area contributed by atoms with Crippen LogP contribution in [0.5, 0.6) is 0 Å². The molecule has 1 atom stereocenters. The fraction of sp³-hybridized carbons (Fsp3) is 0.333. The van der Waals surface area contributed by atoms with Crippen LogP contribution >= 0.6 is 0 Å². The summed E-state index contributed by atoms with van der Waals surface area (Å²) >= 11 is 4.86. The van der Waals surface area contributed by atoms with Crippen LogP contribution in [0.1, 0.15) is 13.3 Å². The van der Waals surface area contributed by atoms with Crippen molar-refractivity contribution in [2.45, 2.75) is 18.2 Å². The Balaban J connectivity index is 2.75. The van der Waals surface area contributed by atoms with Gasteiger partial charge in [0, 0.05) is 0 Å². The first kappa shape index (κ1) is 7.82. The van der Waals surface area contributed by atoms with Crippen LogP contribution in [0.15, 0.2) is 36.0 Å². The normalized spacial score (nSPS) is 19.9. The van der Waals surface area contributed by atoms with E-state index < -0.39 is 0 Å². The van der Waals surface area contributed by atoms with Gasteiger partial charge >= 0.3 is 69.7 Å². The molecule has 1 aliphatic rings. The van der Waals surface area contributed by atoms with E-state index in [-0.39, 0.29) is 4.89 Å². The van der Waals surface area contributed by atoms with E-state index in [1.54, 1.807) is 0 Å². The average Bonchev–Trinajstić information content (AvgIpc) is 2.34. The van der Waals surface area contributed by atoms with Crippen molar-refractivity contribution in [3.63, 3.8) is 0 Å². The molecule has 0 fully saturated rings. The second kappa shape index (κ2) is 3.21. The summed E-state index contributed by atoms with van der Waals surface area (Å²) in [6, 6.07) is 0. The molecule has 10 heavy (non-hydrogen) atoms. The molecule has 0 N–H and O–H groups in total. The zero-order valence-electron chi connectivity index (χ0n) is 6.04. The monoisotopic (exact) mass is 177 g/mol. The quantitative estimate of drug-likeness (QED) is 0.450. The number of hydrogen-bond acceptors (Lipinski definition) is 0. The Morgan fingerprint density at radius 2 is 2.50 bits per heavy atom. The van der Waals surface area contributed by atoms with Crippen molar-refractivity contribution in [1.82, 2.24) is 0 Å². The molecule has 1 rings (SSSR count). The van der Waals surface area contributed by atoms with Gasteiger partial charge in [0.1, 0.15) is 0 Å². The van der Waals surface area contributed by atoms with E-state index in [9.17, 15) is 0 Å². The zero-order valence-corrected chi connectivity index (χ0v) is 7.03. The van der Waals surface area contributed by atoms with E-state index in [1.807, 2.05) is 6.08 Å². The van der Waals surface area contributed by atoms with Crippen molar-refractivity contribution in [3.8, 4) is 0 Å². The van der Waals surface area contributed by atoms with E-state index in [4.69, 9.17) is 15.5 Å². The van der Waals surface area contributed by atoms with E-state index in [2.05, 4.69) is 25.7 Å². The predicted molar refractivity (Wildman–Crippen MR) is 40.4 cm³/mol. The van der Waals surface area contributed by atoms with Crippen LogP contribution in [0, 0.1) is 0 Å². The summed E-state index contributed by atoms with van der Waals surface area (Å²) in [7, 11) is 0. The van der Waals surface area contributed by atoms with E-state index in [0.29, 0.717) is 0 Å². The first-order chi connectivity index (χ1) is 4.75. The predicted octanol–water partition coefficient (Wildman–Crippen LogP) is 2.78. The van der Waals surface area contributed by atoms with Crippen LogP contribution in [0.4, 0.5) is 0 Å². The van der Waals surface area contributed by atoms with Crippen LogP contribution < -0.4 is 0 Å². The van der Waals surface area contributed by atoms with Gasteiger partial charge in [-0.3, -0.25) is 0 Å². The van der Waals surface area contributed by atoms with Gasteiger partial charge in [-0.1, -0.05) is 0 Å². The molecule has 1 unspecified atom stereocenters. The molecule has 0 saturated carbocycles. The van der Waals surface area contributed by atoms with E-state index >= 15 is 0 Å². The molecule has 0 spiro atoms. The van der Waals surface area contributed by atoms with Crippen molar-refractivity contribution in [3.05, 3.63) is 36.0 Å². The Kier molecular flexibility index (Phi) is 2.51. The average molecular weight is 178 g/mol. The number of hydrogen-bond donors (Lipinski definition) is 0.